The van der Waals surface area contributed by atoms with Crippen molar-refractivity contribution in [3.05, 3.63) is 130 Å². The summed E-state index contributed by atoms with van der Waals surface area (Å²) >= 11 is 12.8. The first-order chi connectivity index (χ1) is 21.4. The van der Waals surface area contributed by atoms with Crippen molar-refractivity contribution < 1.29 is 33.3 Å². The fraction of sp³-hybridized carbons (Fsp3) is 0.156. The van der Waals surface area contributed by atoms with Gasteiger partial charge in [0.15, 0.2) is 18.4 Å². The second-order valence-electron chi connectivity index (χ2n) is 9.75. The van der Waals surface area contributed by atoms with E-state index in [1.54, 1.807) is 91.0 Å². The van der Waals surface area contributed by atoms with Crippen molar-refractivity contribution in [1.82, 2.24) is 14.5 Å². The van der Waals surface area contributed by atoms with Gasteiger partial charge in [-0.25, -0.2) is 24.4 Å². The lowest BCUT2D eigenvalue weighted by molar-refractivity contribution is -0.0604. The van der Waals surface area contributed by atoms with Gasteiger partial charge in [0.2, 0.25) is 0 Å². The summed E-state index contributed by atoms with van der Waals surface area (Å²) in [6.07, 6.45) is -1.90. The number of fused-ring (bicyclic) bond motifs is 1. The largest absolute Gasteiger partial charge is 0.459 e. The minimum absolute atomic E-state index is 0.106. The van der Waals surface area contributed by atoms with Crippen molar-refractivity contribution >= 4 is 52.1 Å². The van der Waals surface area contributed by atoms with Crippen LogP contribution in [0.2, 0.25) is 10.2 Å². The monoisotopic (exact) mass is 631 g/mol. The van der Waals surface area contributed by atoms with Gasteiger partial charge in [-0.3, -0.25) is 0 Å². The molecule has 6 rings (SSSR count). The Bertz CT molecular complexity index is 1800. The third kappa shape index (κ3) is 6.00. The molecule has 0 spiro atoms. The maximum absolute atomic E-state index is 13.4. The number of rotatable bonds is 8. The molecule has 0 unspecified atom stereocenters. The van der Waals surface area contributed by atoms with Gasteiger partial charge in [0.05, 0.1) is 27.1 Å². The summed E-state index contributed by atoms with van der Waals surface area (Å²) < 4.78 is 25.4. The van der Waals surface area contributed by atoms with Crippen LogP contribution in [0.1, 0.15) is 37.3 Å². The van der Waals surface area contributed by atoms with Crippen LogP contribution in [0.3, 0.4) is 0 Å². The number of carbonyl (C=O) groups excluding carboxylic acids is 3. The molecule has 2 aromatic heterocycles. The van der Waals surface area contributed by atoms with Gasteiger partial charge in [0.25, 0.3) is 0 Å². The smallest absolute Gasteiger partial charge is 0.338 e. The molecule has 0 bridgehead atoms. The van der Waals surface area contributed by atoms with Crippen molar-refractivity contribution in [3.63, 3.8) is 0 Å². The summed E-state index contributed by atoms with van der Waals surface area (Å²) in [6, 6.07) is 25.0. The number of benzene rings is 3. The topological polar surface area (TPSA) is 119 Å². The first-order valence-corrected chi connectivity index (χ1v) is 14.2. The molecule has 4 atom stereocenters. The van der Waals surface area contributed by atoms with Gasteiger partial charge in [-0.05, 0) is 36.4 Å². The molecule has 5 aromatic rings. The molecule has 44 heavy (non-hydrogen) atoms. The zero-order valence-corrected chi connectivity index (χ0v) is 24.3. The highest BCUT2D eigenvalue weighted by Crippen LogP contribution is 2.40. The lowest BCUT2D eigenvalue weighted by atomic mass is 10.1. The lowest BCUT2D eigenvalue weighted by Gasteiger charge is -2.25. The van der Waals surface area contributed by atoms with Crippen LogP contribution in [0.4, 0.5) is 0 Å². The molecule has 222 valence electrons. The van der Waals surface area contributed by atoms with Crippen molar-refractivity contribution in [3.8, 4) is 0 Å². The van der Waals surface area contributed by atoms with Gasteiger partial charge in [-0.15, -0.1) is 0 Å². The Labute approximate surface area is 261 Å². The Hall–Kier alpha value is -4.77. The number of nitrogens with zero attached hydrogens (tertiary/aromatic N) is 3. The van der Waals surface area contributed by atoms with E-state index in [-0.39, 0.29) is 33.6 Å². The maximum Gasteiger partial charge on any atom is 0.338 e. The summed E-state index contributed by atoms with van der Waals surface area (Å²) in [4.78, 5) is 47.9. The highest BCUT2D eigenvalue weighted by molar-refractivity contribution is 6.41. The molecule has 0 N–H and O–H groups in total. The Balaban J connectivity index is 1.39. The molecule has 1 saturated heterocycles. The first-order valence-electron chi connectivity index (χ1n) is 13.5. The number of hydrogen-bond acceptors (Lipinski definition) is 9. The van der Waals surface area contributed by atoms with Gasteiger partial charge in [0, 0.05) is 6.20 Å². The predicted molar refractivity (Wildman–Crippen MR) is 159 cm³/mol. The van der Waals surface area contributed by atoms with E-state index in [4.69, 9.17) is 42.1 Å². The van der Waals surface area contributed by atoms with Crippen LogP contribution in [-0.2, 0) is 18.9 Å². The average molecular weight is 632 g/mol. The maximum atomic E-state index is 13.4. The molecule has 3 aromatic carbocycles. The van der Waals surface area contributed by atoms with Gasteiger partial charge < -0.3 is 23.5 Å². The van der Waals surface area contributed by atoms with Crippen LogP contribution in [-0.4, -0.2) is 57.4 Å². The molecule has 0 saturated carbocycles. The molecule has 1 aliphatic heterocycles. The van der Waals surface area contributed by atoms with Crippen molar-refractivity contribution in [2.45, 2.75) is 24.5 Å². The van der Waals surface area contributed by atoms with Crippen molar-refractivity contribution in [2.24, 2.45) is 0 Å². The van der Waals surface area contributed by atoms with Gasteiger partial charge >= 0.3 is 17.9 Å². The van der Waals surface area contributed by atoms with Crippen LogP contribution in [0.5, 0.6) is 0 Å². The molecular weight excluding hydrogens is 609 g/mol. The summed E-state index contributed by atoms with van der Waals surface area (Å²) in [5.74, 6) is -2.00. The molecule has 10 nitrogen and oxygen atoms in total. The van der Waals surface area contributed by atoms with E-state index < -0.39 is 42.4 Å². The zero-order valence-electron chi connectivity index (χ0n) is 22.8. The number of carbonyl (C=O) groups is 3. The van der Waals surface area contributed by atoms with Crippen LogP contribution < -0.4 is 0 Å². The Morgan fingerprint density at radius 2 is 1.25 bits per heavy atom. The molecule has 3 heterocycles. The zero-order chi connectivity index (χ0) is 30.6. The Morgan fingerprint density at radius 1 is 0.727 bits per heavy atom. The highest BCUT2D eigenvalue weighted by atomic mass is 35.5. The van der Waals surface area contributed by atoms with Gasteiger partial charge in [-0.2, -0.15) is 0 Å². The third-order valence-electron chi connectivity index (χ3n) is 6.97. The summed E-state index contributed by atoms with van der Waals surface area (Å²) in [6.45, 7) is -0.334. The normalized spacial score (nSPS) is 19.4. The molecule has 1 fully saturated rings. The summed E-state index contributed by atoms with van der Waals surface area (Å²) in [5.41, 5.74) is 1.13. The fourth-order valence-corrected chi connectivity index (χ4v) is 5.44. The quantitative estimate of drug-likeness (QED) is 0.116. The van der Waals surface area contributed by atoms with E-state index in [0.717, 1.165) is 0 Å². The highest BCUT2D eigenvalue weighted by Gasteiger charge is 2.52. The van der Waals surface area contributed by atoms with Crippen LogP contribution in [0.25, 0.3) is 11.0 Å². The third-order valence-corrected chi connectivity index (χ3v) is 7.54. The predicted octanol–water partition coefficient (Wildman–Crippen LogP) is 5.94. The number of aromatic nitrogens is 3. The SMILES string of the molecule is O=C(OC[C@@H]1O[C@H](n2cc(Cl)c3c(Cl)ncnc32)[C@@H](OC(=O)c2ccccc2)[C@H]1OC(=O)c1ccccc1)c1ccccc1. The van der Waals surface area contributed by atoms with Crippen LogP contribution in [0.15, 0.2) is 104 Å². The van der Waals surface area contributed by atoms with Crippen molar-refractivity contribution in [2.75, 3.05) is 6.61 Å². The van der Waals surface area contributed by atoms with E-state index >= 15 is 0 Å². The summed E-state index contributed by atoms with van der Waals surface area (Å²) in [5, 5.41) is 0.679. The summed E-state index contributed by atoms with van der Waals surface area (Å²) in [7, 11) is 0. The standard InChI is InChI=1S/C32H23Cl2N3O7/c33-22-16-37(28-24(22)27(34)35-18-36-28)29-26(44-32(40)21-14-8-3-9-15-21)25(43-31(39)20-12-6-2-7-13-20)23(42-29)17-41-30(38)19-10-4-1-5-11-19/h1-16,18,23,25-26,29H,17H2/t23-,25-,26-,29-/m0/s1. The molecular formula is C32H23Cl2N3O7. The van der Waals surface area contributed by atoms with Crippen molar-refractivity contribution in [1.29, 1.82) is 0 Å². The van der Waals surface area contributed by atoms with E-state index in [2.05, 4.69) is 9.97 Å². The number of hydrogen-bond donors (Lipinski definition) is 0. The van der Waals surface area contributed by atoms with E-state index in [1.165, 1.54) is 17.1 Å². The molecule has 0 aliphatic carbocycles. The molecule has 12 heteroatoms. The van der Waals surface area contributed by atoms with Crippen LogP contribution >= 0.6 is 23.2 Å². The lowest BCUT2D eigenvalue weighted by Crippen LogP contribution is -2.41. The van der Waals surface area contributed by atoms with Gasteiger partial charge in [0.1, 0.15) is 29.8 Å². The molecule has 0 amide bonds. The second-order valence-corrected chi connectivity index (χ2v) is 10.5. The second kappa shape index (κ2) is 12.8. The van der Waals surface area contributed by atoms with Gasteiger partial charge in [-0.1, -0.05) is 77.8 Å². The minimum atomic E-state index is -1.24. The average Bonchev–Trinajstić information content (AvgIpc) is 3.57. The van der Waals surface area contributed by atoms with E-state index in [1.807, 2.05) is 0 Å². The Morgan fingerprint density at radius 3 is 1.82 bits per heavy atom. The number of halogens is 2. The minimum Gasteiger partial charge on any atom is -0.459 e. The molecule has 1 aliphatic rings. The first kappa shape index (κ1) is 29.3. The number of ether oxygens (including phenoxy) is 4. The fourth-order valence-electron chi connectivity index (χ4n) is 4.88. The number of esters is 3. The van der Waals surface area contributed by atoms with Crippen LogP contribution in [0, 0.1) is 0 Å². The van der Waals surface area contributed by atoms with E-state index in [0.29, 0.717) is 10.9 Å². The Kier molecular flexibility index (Phi) is 8.56. The van der Waals surface area contributed by atoms with E-state index in [9.17, 15) is 14.4 Å². The molecule has 0 radical (unpaired) electrons.